The van der Waals surface area contributed by atoms with Crippen molar-refractivity contribution in [3.8, 4) is 0 Å². The molecule has 7 nitrogen and oxygen atoms in total. The van der Waals surface area contributed by atoms with Crippen LogP contribution in [0.5, 0.6) is 0 Å². The normalized spacial score (nSPS) is 12.3. The number of hydrogen-bond acceptors (Lipinski definition) is 6. The van der Waals surface area contributed by atoms with Crippen LogP contribution in [-0.4, -0.2) is 33.4 Å². The molecule has 0 radical (unpaired) electrons. The van der Waals surface area contributed by atoms with E-state index in [1.807, 2.05) is 13.8 Å². The van der Waals surface area contributed by atoms with E-state index in [2.05, 4.69) is 25.6 Å². The van der Waals surface area contributed by atoms with Gasteiger partial charge in [0.2, 0.25) is 23.1 Å². The molecule has 1 unspecified atom stereocenters. The minimum atomic E-state index is -0.485. The zero-order valence-corrected chi connectivity index (χ0v) is 11.3. The van der Waals surface area contributed by atoms with Crippen LogP contribution in [0, 0.1) is 5.92 Å². The van der Waals surface area contributed by atoms with Gasteiger partial charge in [0, 0.05) is 6.54 Å². The molecule has 0 aliphatic carbocycles. The Morgan fingerprint density at radius 2 is 2.00 bits per heavy atom. The molecule has 100 valence electrons. The second-order valence-corrected chi connectivity index (χ2v) is 4.63. The fraction of sp³-hybridized carbons (Fsp3) is 0.600. The highest BCUT2D eigenvalue weighted by Gasteiger charge is 2.14. The lowest BCUT2D eigenvalue weighted by Gasteiger charge is -2.15. The van der Waals surface area contributed by atoms with Crippen molar-refractivity contribution in [1.29, 1.82) is 0 Å². The number of halogens is 1. The van der Waals surface area contributed by atoms with Gasteiger partial charge in [0.25, 0.3) is 0 Å². The van der Waals surface area contributed by atoms with Gasteiger partial charge in [0.05, 0.1) is 0 Å². The first kappa shape index (κ1) is 14.4. The number of nitrogens with one attached hydrogen (secondary N) is 2. The van der Waals surface area contributed by atoms with Crippen LogP contribution in [0.1, 0.15) is 20.8 Å². The van der Waals surface area contributed by atoms with Crippen molar-refractivity contribution >= 4 is 29.4 Å². The minimum absolute atomic E-state index is 0.00675. The lowest BCUT2D eigenvalue weighted by atomic mass is 10.2. The van der Waals surface area contributed by atoms with Crippen molar-refractivity contribution < 1.29 is 4.79 Å². The van der Waals surface area contributed by atoms with Crippen molar-refractivity contribution in [2.75, 3.05) is 17.6 Å². The molecule has 8 heteroatoms. The van der Waals surface area contributed by atoms with Crippen molar-refractivity contribution in [3.05, 3.63) is 5.28 Å². The maximum absolute atomic E-state index is 11.7. The summed E-state index contributed by atoms with van der Waals surface area (Å²) in [7, 11) is 0. The van der Waals surface area contributed by atoms with Gasteiger partial charge in [-0.3, -0.25) is 4.79 Å². The molecule has 1 aromatic heterocycles. The Kier molecular flexibility index (Phi) is 5.08. The van der Waals surface area contributed by atoms with E-state index >= 15 is 0 Å². The molecule has 0 spiro atoms. The Morgan fingerprint density at radius 3 is 2.56 bits per heavy atom. The maximum atomic E-state index is 11.7. The van der Waals surface area contributed by atoms with Gasteiger partial charge in [-0.25, -0.2) is 0 Å². The predicted octanol–water partition coefficient (Wildman–Crippen LogP) is 0.680. The standard InChI is InChI=1S/C10H17ClN6O/c1-5(2)4-13-7(18)6(3)14-10-16-8(11)15-9(12)17-10/h5-6H,4H2,1-3H3,(H,13,18)(H3,12,14,15,16,17). The molecule has 0 aliphatic heterocycles. The maximum Gasteiger partial charge on any atom is 0.242 e. The third-order valence-electron chi connectivity index (χ3n) is 2.05. The Labute approximate surface area is 111 Å². The van der Waals surface area contributed by atoms with Gasteiger partial charge in [-0.1, -0.05) is 13.8 Å². The predicted molar refractivity (Wildman–Crippen MR) is 70.2 cm³/mol. The van der Waals surface area contributed by atoms with Gasteiger partial charge < -0.3 is 16.4 Å². The fourth-order valence-electron chi connectivity index (χ4n) is 1.15. The Hall–Kier alpha value is -1.63. The monoisotopic (exact) mass is 272 g/mol. The second-order valence-electron chi connectivity index (χ2n) is 4.29. The molecule has 0 aliphatic rings. The Bertz CT molecular complexity index is 405. The van der Waals surface area contributed by atoms with Gasteiger partial charge in [-0.15, -0.1) is 0 Å². The number of hydrogen-bond donors (Lipinski definition) is 3. The number of aromatic nitrogens is 3. The number of amides is 1. The summed E-state index contributed by atoms with van der Waals surface area (Å²) in [6.45, 7) is 6.35. The molecule has 1 atom stereocenters. The van der Waals surface area contributed by atoms with Crippen LogP contribution < -0.4 is 16.4 Å². The summed E-state index contributed by atoms with van der Waals surface area (Å²) in [6, 6.07) is -0.485. The highest BCUT2D eigenvalue weighted by molar-refractivity contribution is 6.28. The van der Waals surface area contributed by atoms with E-state index in [4.69, 9.17) is 17.3 Å². The van der Waals surface area contributed by atoms with Crippen LogP contribution >= 0.6 is 11.6 Å². The van der Waals surface area contributed by atoms with Gasteiger partial charge in [0.1, 0.15) is 6.04 Å². The lowest BCUT2D eigenvalue weighted by molar-refractivity contribution is -0.121. The summed E-state index contributed by atoms with van der Waals surface area (Å²) in [5, 5.41) is 5.59. The Morgan fingerprint density at radius 1 is 1.33 bits per heavy atom. The molecule has 0 saturated heterocycles. The molecule has 0 saturated carbocycles. The summed E-state index contributed by atoms with van der Waals surface area (Å²) < 4.78 is 0. The lowest BCUT2D eigenvalue weighted by Crippen LogP contribution is -2.39. The van der Waals surface area contributed by atoms with Crippen molar-refractivity contribution in [2.45, 2.75) is 26.8 Å². The largest absolute Gasteiger partial charge is 0.368 e. The summed E-state index contributed by atoms with van der Waals surface area (Å²) in [4.78, 5) is 23.0. The molecule has 0 bridgehead atoms. The van der Waals surface area contributed by atoms with E-state index in [1.165, 1.54) is 0 Å². The number of rotatable bonds is 5. The van der Waals surface area contributed by atoms with Crippen molar-refractivity contribution in [2.24, 2.45) is 5.92 Å². The van der Waals surface area contributed by atoms with E-state index in [0.29, 0.717) is 12.5 Å². The summed E-state index contributed by atoms with van der Waals surface area (Å²) in [5.74, 6) is 0.439. The molecule has 1 aromatic rings. The quantitative estimate of drug-likeness (QED) is 0.728. The number of anilines is 2. The molecule has 0 aromatic carbocycles. The van der Waals surface area contributed by atoms with Crippen LogP contribution in [0.15, 0.2) is 0 Å². The van der Waals surface area contributed by atoms with E-state index in [1.54, 1.807) is 6.92 Å². The summed E-state index contributed by atoms with van der Waals surface area (Å²) >= 11 is 5.63. The van der Waals surface area contributed by atoms with Gasteiger partial charge >= 0.3 is 0 Å². The van der Waals surface area contributed by atoms with E-state index < -0.39 is 6.04 Å². The first-order chi connectivity index (χ1) is 8.38. The molecule has 1 heterocycles. The van der Waals surface area contributed by atoms with Crippen LogP contribution in [0.3, 0.4) is 0 Å². The van der Waals surface area contributed by atoms with Gasteiger partial charge in [-0.05, 0) is 24.4 Å². The third-order valence-corrected chi connectivity index (χ3v) is 2.22. The number of carbonyl (C=O) groups excluding carboxylic acids is 1. The molecule has 18 heavy (non-hydrogen) atoms. The van der Waals surface area contributed by atoms with Crippen LogP contribution in [0.25, 0.3) is 0 Å². The first-order valence-electron chi connectivity index (χ1n) is 5.59. The van der Waals surface area contributed by atoms with Crippen LogP contribution in [0.4, 0.5) is 11.9 Å². The highest BCUT2D eigenvalue weighted by atomic mass is 35.5. The number of nitrogens with zero attached hydrogens (tertiary/aromatic N) is 3. The number of nitrogen functional groups attached to an aromatic ring is 1. The summed E-state index contributed by atoms with van der Waals surface area (Å²) in [6.07, 6.45) is 0. The van der Waals surface area contributed by atoms with E-state index in [9.17, 15) is 4.79 Å². The first-order valence-corrected chi connectivity index (χ1v) is 5.97. The molecule has 0 fully saturated rings. The van der Waals surface area contributed by atoms with E-state index in [-0.39, 0.29) is 23.1 Å². The molecular weight excluding hydrogens is 256 g/mol. The van der Waals surface area contributed by atoms with Gasteiger partial charge in [0.15, 0.2) is 0 Å². The number of nitrogens with two attached hydrogens (primary N) is 1. The molecular formula is C10H17ClN6O. The zero-order chi connectivity index (χ0) is 13.7. The van der Waals surface area contributed by atoms with Crippen molar-refractivity contribution in [3.63, 3.8) is 0 Å². The second kappa shape index (κ2) is 6.34. The number of carbonyl (C=O) groups is 1. The fourth-order valence-corrected chi connectivity index (χ4v) is 1.31. The molecule has 1 rings (SSSR count). The van der Waals surface area contributed by atoms with Crippen molar-refractivity contribution in [1.82, 2.24) is 20.3 Å². The minimum Gasteiger partial charge on any atom is -0.368 e. The highest BCUT2D eigenvalue weighted by Crippen LogP contribution is 2.07. The van der Waals surface area contributed by atoms with E-state index in [0.717, 1.165) is 0 Å². The van der Waals surface area contributed by atoms with Crippen LogP contribution in [-0.2, 0) is 4.79 Å². The third kappa shape index (κ3) is 4.70. The zero-order valence-electron chi connectivity index (χ0n) is 10.6. The van der Waals surface area contributed by atoms with Crippen LogP contribution in [0.2, 0.25) is 5.28 Å². The summed E-state index contributed by atoms with van der Waals surface area (Å²) in [5.41, 5.74) is 5.42. The smallest absolute Gasteiger partial charge is 0.242 e. The molecule has 1 amide bonds. The topological polar surface area (TPSA) is 106 Å². The SMILES string of the molecule is CC(C)CNC(=O)C(C)Nc1nc(N)nc(Cl)n1. The average molecular weight is 273 g/mol. The average Bonchev–Trinajstić information content (AvgIpc) is 2.24. The Balaban J connectivity index is 2.58. The molecule has 4 N–H and O–H groups in total. The van der Waals surface area contributed by atoms with Gasteiger partial charge in [-0.2, -0.15) is 15.0 Å².